The molecule has 6 heteroatoms. The van der Waals surface area contributed by atoms with Gasteiger partial charge in [0.25, 0.3) is 0 Å². The van der Waals surface area contributed by atoms with Gasteiger partial charge in [0.2, 0.25) is 5.91 Å². The quantitative estimate of drug-likeness (QED) is 0.602. The third-order valence-corrected chi connectivity index (χ3v) is 7.55. The van der Waals surface area contributed by atoms with Crippen molar-refractivity contribution < 1.29 is 19.8 Å². The number of hydrogen-bond donors (Lipinski definition) is 2. The summed E-state index contributed by atoms with van der Waals surface area (Å²) in [6.07, 6.45) is 6.89. The highest BCUT2D eigenvalue weighted by atomic mass is 32.1. The normalized spacial score (nSPS) is 26.2. The molecule has 0 unspecified atom stereocenters. The van der Waals surface area contributed by atoms with Crippen molar-refractivity contribution in [3.05, 3.63) is 15.8 Å². The Balaban J connectivity index is 1.95. The number of aliphatic hydroxyl groups is 1. The summed E-state index contributed by atoms with van der Waals surface area (Å²) in [6.45, 7) is 6.42. The van der Waals surface area contributed by atoms with Crippen LogP contribution >= 0.6 is 11.3 Å². The van der Waals surface area contributed by atoms with Gasteiger partial charge in [-0.15, -0.1) is 11.3 Å². The van der Waals surface area contributed by atoms with Gasteiger partial charge in [0.05, 0.1) is 16.7 Å². The summed E-state index contributed by atoms with van der Waals surface area (Å²) < 4.78 is 0. The Labute approximate surface area is 189 Å². The van der Waals surface area contributed by atoms with Crippen molar-refractivity contribution in [1.82, 2.24) is 0 Å². The summed E-state index contributed by atoms with van der Waals surface area (Å²) in [5.41, 5.74) is 0.497. The van der Waals surface area contributed by atoms with E-state index in [4.69, 9.17) is 0 Å². The van der Waals surface area contributed by atoms with Crippen molar-refractivity contribution in [3.8, 4) is 11.8 Å². The number of amides is 1. The fourth-order valence-corrected chi connectivity index (χ4v) is 5.50. The number of aromatic carboxylic acids is 1. The molecule has 2 fully saturated rings. The summed E-state index contributed by atoms with van der Waals surface area (Å²) in [5.74, 6) is 6.32. The van der Waals surface area contributed by atoms with Crippen LogP contribution in [-0.2, 0) is 4.79 Å². The lowest BCUT2D eigenvalue weighted by atomic mass is 9.81. The molecule has 0 atom stereocenters. The molecule has 5 nitrogen and oxygen atoms in total. The largest absolute Gasteiger partial charge is 0.477 e. The summed E-state index contributed by atoms with van der Waals surface area (Å²) in [6, 6.07) is 1.73. The second kappa shape index (κ2) is 10.7. The number of carboxylic acids is 1. The fourth-order valence-electron chi connectivity index (χ4n) is 4.63. The number of carbonyl (C=O) groups excluding carboxylic acids is 1. The molecule has 0 spiro atoms. The van der Waals surface area contributed by atoms with E-state index in [1.807, 2.05) is 0 Å². The van der Waals surface area contributed by atoms with Gasteiger partial charge in [0, 0.05) is 18.4 Å². The van der Waals surface area contributed by atoms with Gasteiger partial charge in [-0.25, -0.2) is 4.79 Å². The Morgan fingerprint density at radius 2 is 1.77 bits per heavy atom. The van der Waals surface area contributed by atoms with E-state index >= 15 is 0 Å². The summed E-state index contributed by atoms with van der Waals surface area (Å²) in [7, 11) is 0. The maximum atomic E-state index is 13.7. The van der Waals surface area contributed by atoms with E-state index in [1.165, 1.54) is 0 Å². The van der Waals surface area contributed by atoms with E-state index in [9.17, 15) is 19.8 Å². The first-order valence-electron chi connectivity index (χ1n) is 11.6. The Bertz CT molecular complexity index is 833. The Hall–Kier alpha value is -1.84. The molecule has 1 aromatic heterocycles. The van der Waals surface area contributed by atoms with Crippen molar-refractivity contribution in [1.29, 1.82) is 0 Å². The van der Waals surface area contributed by atoms with Crippen molar-refractivity contribution >= 4 is 28.9 Å². The molecule has 31 heavy (non-hydrogen) atoms. The average Bonchev–Trinajstić information content (AvgIpc) is 3.14. The number of carboxylic acid groups (broad SMARTS) is 1. The second-order valence-electron chi connectivity index (χ2n) is 9.66. The minimum Gasteiger partial charge on any atom is -0.477 e. The summed E-state index contributed by atoms with van der Waals surface area (Å²) in [5, 5.41) is 19.9. The van der Waals surface area contributed by atoms with E-state index in [-0.39, 0.29) is 28.8 Å². The topological polar surface area (TPSA) is 77.8 Å². The zero-order valence-corrected chi connectivity index (χ0v) is 19.7. The molecule has 2 aliphatic rings. The van der Waals surface area contributed by atoms with Gasteiger partial charge in [-0.2, -0.15) is 0 Å². The van der Waals surface area contributed by atoms with Crippen LogP contribution in [-0.4, -0.2) is 34.2 Å². The molecule has 0 radical (unpaired) electrons. The molecular weight excluding hydrogens is 410 g/mol. The van der Waals surface area contributed by atoms with Crippen LogP contribution < -0.4 is 4.90 Å². The zero-order chi connectivity index (χ0) is 22.5. The number of nitrogens with zero attached hydrogens (tertiary/aromatic N) is 1. The lowest BCUT2D eigenvalue weighted by molar-refractivity contribution is -0.124. The number of anilines is 1. The summed E-state index contributed by atoms with van der Waals surface area (Å²) in [4.78, 5) is 28.5. The molecule has 0 bridgehead atoms. The van der Waals surface area contributed by atoms with Crippen LogP contribution in [0, 0.1) is 29.6 Å². The highest BCUT2D eigenvalue weighted by molar-refractivity contribution is 7.15. The molecule has 3 rings (SSSR count). The van der Waals surface area contributed by atoms with Crippen LogP contribution in [0.3, 0.4) is 0 Å². The SMILES string of the molecule is CC(C)CC#Cc1cc(N(C(=O)C2CCC(C)CC2)C2CCC(O)CC2)c(C(=O)O)s1. The predicted molar refractivity (Wildman–Crippen MR) is 124 cm³/mol. The third-order valence-electron chi connectivity index (χ3n) is 6.52. The highest BCUT2D eigenvalue weighted by Crippen LogP contribution is 2.38. The molecular formula is C25H35NO4S. The lowest BCUT2D eigenvalue weighted by Gasteiger charge is -2.38. The standard InChI is InChI=1S/C25H35NO4S/c1-16(2)5-4-6-21-15-22(23(31-21)25(29)30)26(19-11-13-20(27)14-12-19)24(28)18-9-7-17(3)8-10-18/h15-20,27H,5,7-14H2,1-3H3,(H,29,30). The van der Waals surface area contributed by atoms with Gasteiger partial charge in [0.15, 0.2) is 0 Å². The molecule has 170 valence electrons. The molecule has 0 aliphatic heterocycles. The molecule has 1 aromatic rings. The van der Waals surface area contributed by atoms with Crippen molar-refractivity contribution in [2.45, 2.75) is 90.7 Å². The van der Waals surface area contributed by atoms with E-state index < -0.39 is 5.97 Å². The molecule has 0 saturated heterocycles. The van der Waals surface area contributed by atoms with E-state index in [0.717, 1.165) is 43.4 Å². The van der Waals surface area contributed by atoms with Crippen LogP contribution in [0.4, 0.5) is 5.69 Å². The van der Waals surface area contributed by atoms with Crippen LogP contribution in [0.1, 0.15) is 93.1 Å². The van der Waals surface area contributed by atoms with Crippen LogP contribution in [0.15, 0.2) is 6.07 Å². The first kappa shape index (κ1) is 23.8. The molecule has 0 aromatic carbocycles. The molecule has 2 saturated carbocycles. The first-order valence-corrected chi connectivity index (χ1v) is 12.4. The monoisotopic (exact) mass is 445 g/mol. The summed E-state index contributed by atoms with van der Waals surface area (Å²) >= 11 is 1.16. The fraction of sp³-hybridized carbons (Fsp3) is 0.680. The minimum absolute atomic E-state index is 0.0512. The Morgan fingerprint density at radius 3 is 2.35 bits per heavy atom. The van der Waals surface area contributed by atoms with E-state index in [0.29, 0.717) is 48.1 Å². The van der Waals surface area contributed by atoms with Crippen LogP contribution in [0.2, 0.25) is 0 Å². The van der Waals surface area contributed by atoms with Gasteiger partial charge < -0.3 is 15.1 Å². The number of carbonyl (C=O) groups is 2. The van der Waals surface area contributed by atoms with E-state index in [1.54, 1.807) is 11.0 Å². The van der Waals surface area contributed by atoms with E-state index in [2.05, 4.69) is 32.6 Å². The van der Waals surface area contributed by atoms with Gasteiger partial charge in [-0.3, -0.25) is 4.79 Å². The molecule has 2 aliphatic carbocycles. The van der Waals surface area contributed by atoms with Crippen molar-refractivity contribution in [2.24, 2.45) is 17.8 Å². The maximum Gasteiger partial charge on any atom is 0.348 e. The van der Waals surface area contributed by atoms with Crippen LogP contribution in [0.5, 0.6) is 0 Å². The minimum atomic E-state index is -1.01. The maximum absolute atomic E-state index is 13.7. The van der Waals surface area contributed by atoms with Gasteiger partial charge in [-0.05, 0) is 69.3 Å². The third kappa shape index (κ3) is 6.11. The molecule has 1 amide bonds. The van der Waals surface area contributed by atoms with Gasteiger partial charge in [-0.1, -0.05) is 32.6 Å². The predicted octanol–water partition coefficient (Wildman–Crippen LogP) is 5.31. The highest BCUT2D eigenvalue weighted by Gasteiger charge is 2.37. The first-order chi connectivity index (χ1) is 14.8. The Kier molecular flexibility index (Phi) is 8.18. The van der Waals surface area contributed by atoms with Crippen molar-refractivity contribution in [2.75, 3.05) is 4.90 Å². The zero-order valence-electron chi connectivity index (χ0n) is 18.9. The van der Waals surface area contributed by atoms with Crippen molar-refractivity contribution in [3.63, 3.8) is 0 Å². The lowest BCUT2D eigenvalue weighted by Crippen LogP contribution is -2.47. The number of hydrogen-bond acceptors (Lipinski definition) is 4. The average molecular weight is 446 g/mol. The Morgan fingerprint density at radius 1 is 1.13 bits per heavy atom. The number of thiophene rings is 1. The van der Waals surface area contributed by atoms with Gasteiger partial charge >= 0.3 is 5.97 Å². The number of aliphatic hydroxyl groups excluding tert-OH is 1. The van der Waals surface area contributed by atoms with Gasteiger partial charge in [0.1, 0.15) is 4.88 Å². The molecule has 2 N–H and O–H groups in total. The molecule has 1 heterocycles. The second-order valence-corrected chi connectivity index (χ2v) is 10.7. The smallest absolute Gasteiger partial charge is 0.348 e. The number of rotatable bonds is 5. The van der Waals surface area contributed by atoms with Crippen LogP contribution in [0.25, 0.3) is 0 Å².